The molecule has 2 heterocycles. The monoisotopic (exact) mass is 439 g/mol. The summed E-state index contributed by atoms with van der Waals surface area (Å²) in [6.07, 6.45) is -2.95. The third-order valence-electron chi connectivity index (χ3n) is 3.04. The summed E-state index contributed by atoms with van der Waals surface area (Å²) in [5, 5.41) is -0.141. The van der Waals surface area contributed by atoms with Crippen LogP contribution in [0.2, 0.25) is 5.02 Å². The minimum Gasteiger partial charge on any atom is -0.382 e. The van der Waals surface area contributed by atoms with E-state index in [1.165, 1.54) is 0 Å². The van der Waals surface area contributed by atoms with Crippen LogP contribution in [0.5, 0.6) is 0 Å². The van der Waals surface area contributed by atoms with Gasteiger partial charge in [0.05, 0.1) is 23.8 Å². The highest BCUT2D eigenvalue weighted by Crippen LogP contribution is 2.44. The molecule has 2 rings (SSSR count). The van der Waals surface area contributed by atoms with Crippen molar-refractivity contribution in [3.63, 3.8) is 0 Å². The van der Waals surface area contributed by atoms with Gasteiger partial charge >= 0.3 is 14.3 Å². The van der Waals surface area contributed by atoms with Crippen molar-refractivity contribution in [1.29, 1.82) is 0 Å². The number of halogens is 5. The first-order valence-electron chi connectivity index (χ1n) is 7.49. The average molecular weight is 440 g/mol. The molecule has 14 heteroatoms. The quantitative estimate of drug-likeness (QED) is 0.518. The number of hydrogen-bond donors (Lipinski definition) is 2. The van der Waals surface area contributed by atoms with E-state index in [-0.39, 0.29) is 23.6 Å². The Balaban J connectivity index is 0.00000114. The molecule has 3 unspecified atom stereocenters. The van der Waals surface area contributed by atoms with Crippen molar-refractivity contribution in [2.45, 2.75) is 44.6 Å². The summed E-state index contributed by atoms with van der Waals surface area (Å²) in [5.41, 5.74) is 4.36. The number of hydrogen-bond acceptors (Lipinski definition) is 7. The van der Waals surface area contributed by atoms with E-state index in [4.69, 9.17) is 31.1 Å². The van der Waals surface area contributed by atoms with Gasteiger partial charge in [0.15, 0.2) is 0 Å². The lowest BCUT2D eigenvalue weighted by Gasteiger charge is -2.20. The first kappa shape index (κ1) is 24.0. The van der Waals surface area contributed by atoms with Crippen molar-refractivity contribution < 1.29 is 36.2 Å². The number of nitrogen functional groups attached to an aromatic ring is 1. The number of nitrogens with zero attached hydrogens (tertiary/aromatic N) is 2. The highest BCUT2D eigenvalue weighted by Gasteiger charge is 2.52. The van der Waals surface area contributed by atoms with Crippen LogP contribution in [0, 0.1) is 0 Å². The number of ether oxygens (including phenoxy) is 1. The number of nitrogens with two attached hydrogens (primary N) is 1. The third kappa shape index (κ3) is 7.13. The molecule has 0 spiro atoms. The van der Waals surface area contributed by atoms with Crippen LogP contribution in [-0.2, 0) is 13.8 Å². The number of alkyl halides is 4. The number of anilines is 1. The van der Waals surface area contributed by atoms with Gasteiger partial charge in [0.2, 0.25) is 13.2 Å². The lowest BCUT2D eigenvalue weighted by molar-refractivity contribution is -0.119. The standard InChI is InChI=1S/C12H17ClF2N3O5P.CH2F2/c1-6(2)23-24(20)21-5-7-3-12(14,15)10(22-7)18-4-8(13)9(16)17-11(18)19;2-1-3/h4,6-7,10,20H,3,5H2,1-2H3,(H2,16,17,19);1H2. The molecule has 1 aromatic rings. The van der Waals surface area contributed by atoms with Crippen LogP contribution in [-0.4, -0.2) is 46.1 Å². The lowest BCUT2D eigenvalue weighted by Crippen LogP contribution is -2.35. The SMILES string of the molecule is CC(C)OP(O)OCC1CC(F)(F)C(n2cc(Cl)c(N)nc2=O)O1.FCF. The van der Waals surface area contributed by atoms with Gasteiger partial charge in [-0.25, -0.2) is 22.4 Å². The molecule has 0 bridgehead atoms. The van der Waals surface area contributed by atoms with E-state index in [0.717, 1.165) is 6.20 Å². The molecule has 1 saturated heterocycles. The first-order chi connectivity index (χ1) is 12.5. The number of aromatic nitrogens is 2. The molecular formula is C13H19ClF4N3O5P. The van der Waals surface area contributed by atoms with Gasteiger partial charge < -0.3 is 24.4 Å². The molecule has 8 nitrogen and oxygen atoms in total. The Hall–Kier alpha value is -1.04. The van der Waals surface area contributed by atoms with E-state index in [1.54, 1.807) is 13.8 Å². The molecule has 3 atom stereocenters. The van der Waals surface area contributed by atoms with E-state index in [9.17, 15) is 27.2 Å². The van der Waals surface area contributed by atoms with E-state index in [2.05, 4.69) is 4.98 Å². The Morgan fingerprint density at radius 1 is 1.56 bits per heavy atom. The third-order valence-corrected chi connectivity index (χ3v) is 4.30. The van der Waals surface area contributed by atoms with Crippen LogP contribution < -0.4 is 11.4 Å². The summed E-state index contributed by atoms with van der Waals surface area (Å²) >= 11 is 5.73. The summed E-state index contributed by atoms with van der Waals surface area (Å²) in [7, 11) is -2.19. The van der Waals surface area contributed by atoms with Crippen LogP contribution >= 0.6 is 20.2 Å². The fourth-order valence-corrected chi connectivity index (χ4v) is 2.95. The van der Waals surface area contributed by atoms with Crippen molar-refractivity contribution in [2.75, 3.05) is 19.3 Å². The zero-order chi connectivity index (χ0) is 20.8. The summed E-state index contributed by atoms with van der Waals surface area (Å²) in [5.74, 6) is -3.60. The van der Waals surface area contributed by atoms with Crippen LogP contribution in [0.1, 0.15) is 26.5 Å². The van der Waals surface area contributed by atoms with Crippen LogP contribution in [0.25, 0.3) is 0 Å². The van der Waals surface area contributed by atoms with Crippen molar-refractivity contribution >= 4 is 26.0 Å². The van der Waals surface area contributed by atoms with E-state index in [1.807, 2.05) is 0 Å². The van der Waals surface area contributed by atoms with Crippen molar-refractivity contribution in [3.05, 3.63) is 21.7 Å². The fraction of sp³-hybridized carbons (Fsp3) is 0.692. The Morgan fingerprint density at radius 2 is 2.15 bits per heavy atom. The smallest absolute Gasteiger partial charge is 0.351 e. The molecule has 1 aliphatic rings. The van der Waals surface area contributed by atoms with Gasteiger partial charge in [-0.05, 0) is 13.8 Å². The minimum absolute atomic E-state index is 0.141. The summed E-state index contributed by atoms with van der Waals surface area (Å²) in [6, 6.07) is 0. The predicted molar refractivity (Wildman–Crippen MR) is 89.8 cm³/mol. The molecule has 0 radical (unpaired) electrons. The Labute approximate surface area is 158 Å². The number of rotatable bonds is 6. The van der Waals surface area contributed by atoms with Gasteiger partial charge in [0, 0.05) is 12.6 Å². The van der Waals surface area contributed by atoms with Crippen LogP contribution in [0.4, 0.5) is 23.4 Å². The topological polar surface area (TPSA) is 109 Å². The van der Waals surface area contributed by atoms with E-state index < -0.39 is 45.9 Å². The highest BCUT2D eigenvalue weighted by atomic mass is 35.5. The van der Waals surface area contributed by atoms with Gasteiger partial charge in [-0.3, -0.25) is 4.57 Å². The van der Waals surface area contributed by atoms with Crippen molar-refractivity contribution in [2.24, 2.45) is 0 Å². The molecular weight excluding hydrogens is 421 g/mol. The van der Waals surface area contributed by atoms with Gasteiger partial charge in [0.1, 0.15) is 5.82 Å². The molecule has 1 aliphatic heterocycles. The first-order valence-corrected chi connectivity index (χ1v) is 9.00. The predicted octanol–water partition coefficient (Wildman–Crippen LogP) is 2.95. The minimum atomic E-state index is -3.35. The molecule has 0 aliphatic carbocycles. The highest BCUT2D eigenvalue weighted by molar-refractivity contribution is 7.40. The van der Waals surface area contributed by atoms with Gasteiger partial charge in [-0.1, -0.05) is 11.6 Å². The van der Waals surface area contributed by atoms with E-state index >= 15 is 0 Å². The summed E-state index contributed by atoms with van der Waals surface area (Å²) in [6.45, 7) is 1.32. The van der Waals surface area contributed by atoms with E-state index in [0.29, 0.717) is 4.57 Å². The largest absolute Gasteiger partial charge is 0.382 e. The Morgan fingerprint density at radius 3 is 2.70 bits per heavy atom. The fourth-order valence-electron chi connectivity index (χ4n) is 2.08. The molecule has 0 amide bonds. The molecule has 0 saturated carbocycles. The average Bonchev–Trinajstić information content (AvgIpc) is 2.84. The molecule has 1 fully saturated rings. The maximum absolute atomic E-state index is 14.2. The van der Waals surface area contributed by atoms with Crippen molar-refractivity contribution in [1.82, 2.24) is 9.55 Å². The van der Waals surface area contributed by atoms with Crippen molar-refractivity contribution in [3.8, 4) is 0 Å². The molecule has 0 aromatic carbocycles. The maximum Gasteiger partial charge on any atom is 0.351 e. The second kappa shape index (κ2) is 10.5. The molecule has 3 N–H and O–H groups in total. The normalized spacial score (nSPS) is 22.4. The molecule has 1 aromatic heterocycles. The van der Waals surface area contributed by atoms with Gasteiger partial charge in [-0.15, -0.1) is 0 Å². The summed E-state index contributed by atoms with van der Waals surface area (Å²) in [4.78, 5) is 24.6. The Bertz CT molecular complexity index is 669. The second-order valence-corrected chi connectivity index (χ2v) is 6.88. The van der Waals surface area contributed by atoms with Crippen LogP contribution in [0.15, 0.2) is 11.0 Å². The van der Waals surface area contributed by atoms with Crippen LogP contribution in [0.3, 0.4) is 0 Å². The maximum atomic E-state index is 14.2. The Kier molecular flexibility index (Phi) is 9.32. The molecule has 156 valence electrons. The second-order valence-electron chi connectivity index (χ2n) is 5.53. The van der Waals surface area contributed by atoms with Gasteiger partial charge in [0.25, 0.3) is 5.92 Å². The molecule has 27 heavy (non-hydrogen) atoms. The van der Waals surface area contributed by atoms with Gasteiger partial charge in [-0.2, -0.15) is 4.98 Å². The zero-order valence-corrected chi connectivity index (χ0v) is 16.0. The summed E-state index contributed by atoms with van der Waals surface area (Å²) < 4.78 is 63.3. The zero-order valence-electron chi connectivity index (χ0n) is 14.3. The lowest BCUT2D eigenvalue weighted by atomic mass is 10.2.